The molecule has 0 spiro atoms. The molecular weight excluding hydrogens is 316 g/mol. The van der Waals surface area contributed by atoms with Gasteiger partial charge >= 0.3 is 5.97 Å². The Balaban J connectivity index is 1.89. The third-order valence-corrected chi connectivity index (χ3v) is 4.05. The molecule has 5 nitrogen and oxygen atoms in total. The molecule has 0 amide bonds. The van der Waals surface area contributed by atoms with Gasteiger partial charge in [-0.15, -0.1) is 0 Å². The van der Waals surface area contributed by atoms with Crippen LogP contribution in [0.15, 0.2) is 53.5 Å². The van der Waals surface area contributed by atoms with E-state index >= 15 is 0 Å². The van der Waals surface area contributed by atoms with Crippen LogP contribution in [-0.4, -0.2) is 15.4 Å². The highest BCUT2D eigenvalue weighted by Crippen LogP contribution is 2.22. The van der Waals surface area contributed by atoms with E-state index in [1.165, 1.54) is 10.5 Å². The largest absolute Gasteiger partial charge is 0.404 e. The van der Waals surface area contributed by atoms with Crippen molar-refractivity contribution in [3.8, 4) is 5.88 Å². The van der Waals surface area contributed by atoms with Gasteiger partial charge in [0.15, 0.2) is 0 Å². The predicted octanol–water partition coefficient (Wildman–Crippen LogP) is 3.52. The highest BCUT2D eigenvalue weighted by Gasteiger charge is 2.16. The summed E-state index contributed by atoms with van der Waals surface area (Å²) in [6, 6.07) is 12.1. The minimum Gasteiger partial charge on any atom is -0.404 e. The number of aromatic nitrogens is 2. The number of benzene rings is 1. The van der Waals surface area contributed by atoms with E-state index in [1.54, 1.807) is 24.4 Å². The molecule has 0 aliphatic heterocycles. The molecule has 2 aromatic heterocycles. The first-order valence-corrected chi connectivity index (χ1v) is 8.07. The van der Waals surface area contributed by atoms with Crippen molar-refractivity contribution in [2.24, 2.45) is 0 Å². The number of aryl methyl sites for hydroxylation is 1. The first-order valence-electron chi connectivity index (χ1n) is 8.07. The zero-order chi connectivity index (χ0) is 18.2. The van der Waals surface area contributed by atoms with Crippen LogP contribution >= 0.6 is 0 Å². The van der Waals surface area contributed by atoms with E-state index in [0.717, 1.165) is 11.1 Å². The number of carbonyl (C=O) groups excluding carboxylic acids is 1. The van der Waals surface area contributed by atoms with Gasteiger partial charge in [0.25, 0.3) is 5.56 Å². The third-order valence-electron chi connectivity index (χ3n) is 4.05. The van der Waals surface area contributed by atoms with Gasteiger partial charge < -0.3 is 4.74 Å². The van der Waals surface area contributed by atoms with Crippen LogP contribution < -0.4 is 10.3 Å². The SMILES string of the molecule is Cc1cccn2c(=O)cc(OC(=O)c3ccc(C(C)(C)C)cc3)nc12. The molecule has 0 saturated heterocycles. The van der Waals surface area contributed by atoms with Crippen LogP contribution in [0.5, 0.6) is 5.88 Å². The Kier molecular flexibility index (Phi) is 4.17. The topological polar surface area (TPSA) is 60.7 Å². The maximum atomic E-state index is 12.3. The molecule has 2 heterocycles. The molecule has 1 aromatic carbocycles. The van der Waals surface area contributed by atoms with Gasteiger partial charge in [0.2, 0.25) is 5.88 Å². The van der Waals surface area contributed by atoms with Crippen molar-refractivity contribution < 1.29 is 9.53 Å². The monoisotopic (exact) mass is 336 g/mol. The summed E-state index contributed by atoms with van der Waals surface area (Å²) in [6.45, 7) is 8.16. The number of hydrogen-bond donors (Lipinski definition) is 0. The standard InChI is InChI=1S/C20H20N2O3/c1-13-6-5-11-22-17(23)12-16(21-18(13)22)25-19(24)14-7-9-15(10-8-14)20(2,3)4/h5-12H,1-4H3. The Hall–Kier alpha value is -2.95. The summed E-state index contributed by atoms with van der Waals surface area (Å²) in [4.78, 5) is 28.8. The maximum absolute atomic E-state index is 12.3. The molecule has 0 fully saturated rings. The van der Waals surface area contributed by atoms with Crippen LogP contribution in [0.1, 0.15) is 42.3 Å². The van der Waals surface area contributed by atoms with E-state index in [2.05, 4.69) is 25.8 Å². The van der Waals surface area contributed by atoms with Crippen LogP contribution in [0, 0.1) is 6.92 Å². The van der Waals surface area contributed by atoms with Crippen molar-refractivity contribution in [3.63, 3.8) is 0 Å². The van der Waals surface area contributed by atoms with E-state index < -0.39 is 5.97 Å². The minimum absolute atomic E-state index is 0.00389. The van der Waals surface area contributed by atoms with Crippen molar-refractivity contribution in [2.45, 2.75) is 33.1 Å². The molecule has 0 aliphatic carbocycles. The number of rotatable bonds is 2. The van der Waals surface area contributed by atoms with Crippen molar-refractivity contribution in [1.82, 2.24) is 9.38 Å². The molecule has 128 valence electrons. The lowest BCUT2D eigenvalue weighted by Gasteiger charge is -2.18. The van der Waals surface area contributed by atoms with Gasteiger partial charge in [-0.2, -0.15) is 4.98 Å². The smallest absolute Gasteiger partial charge is 0.344 e. The molecule has 3 aromatic rings. The van der Waals surface area contributed by atoms with Crippen LogP contribution in [0.4, 0.5) is 0 Å². The van der Waals surface area contributed by atoms with Crippen molar-refractivity contribution in [3.05, 3.63) is 75.7 Å². The second kappa shape index (κ2) is 6.16. The number of fused-ring (bicyclic) bond motifs is 1. The fourth-order valence-corrected chi connectivity index (χ4v) is 2.55. The zero-order valence-electron chi connectivity index (χ0n) is 14.7. The molecule has 0 N–H and O–H groups in total. The fraction of sp³-hybridized carbons (Fsp3) is 0.250. The lowest BCUT2D eigenvalue weighted by molar-refractivity contribution is 0.0727. The van der Waals surface area contributed by atoms with Gasteiger partial charge in [0, 0.05) is 6.20 Å². The first kappa shape index (κ1) is 16.9. The van der Waals surface area contributed by atoms with Crippen LogP contribution in [0.25, 0.3) is 5.65 Å². The zero-order valence-corrected chi connectivity index (χ0v) is 14.7. The van der Waals surface area contributed by atoms with Crippen LogP contribution in [0.3, 0.4) is 0 Å². The number of esters is 1. The van der Waals surface area contributed by atoms with Gasteiger partial charge in [0.1, 0.15) is 5.65 Å². The second-order valence-corrected chi connectivity index (χ2v) is 7.03. The fourth-order valence-electron chi connectivity index (χ4n) is 2.55. The summed E-state index contributed by atoms with van der Waals surface area (Å²) in [6.07, 6.45) is 1.63. The summed E-state index contributed by atoms with van der Waals surface area (Å²) >= 11 is 0. The number of pyridine rings is 1. The molecule has 0 unspecified atom stereocenters. The summed E-state index contributed by atoms with van der Waals surface area (Å²) in [5.41, 5.74) is 2.56. The van der Waals surface area contributed by atoms with Crippen LogP contribution in [-0.2, 0) is 5.41 Å². The van der Waals surface area contributed by atoms with E-state index in [4.69, 9.17) is 4.74 Å². The number of ether oxygens (including phenoxy) is 1. The number of nitrogens with zero attached hydrogens (tertiary/aromatic N) is 2. The van der Waals surface area contributed by atoms with Gasteiger partial charge in [-0.25, -0.2) is 4.79 Å². The quantitative estimate of drug-likeness (QED) is 0.672. The lowest BCUT2D eigenvalue weighted by Crippen LogP contribution is -2.18. The normalized spacial score (nSPS) is 11.5. The average Bonchev–Trinajstić information content (AvgIpc) is 2.55. The maximum Gasteiger partial charge on any atom is 0.344 e. The highest BCUT2D eigenvalue weighted by atomic mass is 16.5. The Morgan fingerprint density at radius 3 is 2.44 bits per heavy atom. The molecular formula is C20H20N2O3. The molecule has 0 aliphatic rings. The average molecular weight is 336 g/mol. The van der Waals surface area contributed by atoms with Gasteiger partial charge in [-0.1, -0.05) is 39.0 Å². The molecule has 5 heteroatoms. The third kappa shape index (κ3) is 3.45. The Morgan fingerprint density at radius 2 is 1.80 bits per heavy atom. The number of carbonyl (C=O) groups is 1. The Morgan fingerprint density at radius 1 is 1.12 bits per heavy atom. The molecule has 0 saturated carbocycles. The van der Waals surface area contributed by atoms with Crippen molar-refractivity contribution in [2.75, 3.05) is 0 Å². The molecule has 0 bridgehead atoms. The molecule has 3 rings (SSSR count). The van der Waals surface area contributed by atoms with E-state index in [9.17, 15) is 9.59 Å². The van der Waals surface area contributed by atoms with Gasteiger partial charge in [-0.3, -0.25) is 9.20 Å². The van der Waals surface area contributed by atoms with E-state index in [0.29, 0.717) is 11.2 Å². The summed E-state index contributed by atoms with van der Waals surface area (Å²) in [5, 5.41) is 0. The van der Waals surface area contributed by atoms with E-state index in [-0.39, 0.29) is 16.9 Å². The van der Waals surface area contributed by atoms with Crippen molar-refractivity contribution >= 4 is 11.6 Å². The molecule has 0 atom stereocenters. The lowest BCUT2D eigenvalue weighted by atomic mass is 9.87. The summed E-state index contributed by atoms with van der Waals surface area (Å²) < 4.78 is 6.73. The number of hydrogen-bond acceptors (Lipinski definition) is 4. The highest BCUT2D eigenvalue weighted by molar-refractivity contribution is 5.90. The minimum atomic E-state index is -0.537. The Bertz CT molecular complexity index is 996. The summed E-state index contributed by atoms with van der Waals surface area (Å²) in [7, 11) is 0. The van der Waals surface area contributed by atoms with Crippen LogP contribution in [0.2, 0.25) is 0 Å². The summed E-state index contributed by atoms with van der Waals surface area (Å²) in [5.74, 6) is -0.533. The van der Waals surface area contributed by atoms with E-state index in [1.807, 2.05) is 25.1 Å². The Labute approximate surface area is 145 Å². The predicted molar refractivity (Wildman–Crippen MR) is 96.3 cm³/mol. The first-order chi connectivity index (χ1) is 11.8. The van der Waals surface area contributed by atoms with Gasteiger partial charge in [0.05, 0.1) is 11.6 Å². The van der Waals surface area contributed by atoms with Gasteiger partial charge in [-0.05, 0) is 41.7 Å². The molecule has 25 heavy (non-hydrogen) atoms. The second-order valence-electron chi connectivity index (χ2n) is 7.03. The molecule has 0 radical (unpaired) electrons. The van der Waals surface area contributed by atoms with Crippen molar-refractivity contribution in [1.29, 1.82) is 0 Å².